The summed E-state index contributed by atoms with van der Waals surface area (Å²) >= 11 is 0. The summed E-state index contributed by atoms with van der Waals surface area (Å²) in [4.78, 5) is 11.6. The summed E-state index contributed by atoms with van der Waals surface area (Å²) in [5.41, 5.74) is 0. The molecule has 2 N–H and O–H groups in total. The normalized spacial score (nSPS) is 24.6. The fourth-order valence-corrected chi connectivity index (χ4v) is 2.35. The molecular weight excluding hydrogens is 204 g/mol. The van der Waals surface area contributed by atoms with Crippen molar-refractivity contribution in [1.82, 2.24) is 10.6 Å². The summed E-state index contributed by atoms with van der Waals surface area (Å²) in [6, 6.07) is 0.404. The van der Waals surface area contributed by atoms with E-state index < -0.39 is 0 Å². The highest BCUT2D eigenvalue weighted by atomic mass is 16.5. The zero-order chi connectivity index (χ0) is 11.8. The van der Waals surface area contributed by atoms with Crippen molar-refractivity contribution in [3.05, 3.63) is 0 Å². The van der Waals surface area contributed by atoms with Gasteiger partial charge in [0, 0.05) is 19.7 Å². The third-order valence-electron chi connectivity index (χ3n) is 3.30. The van der Waals surface area contributed by atoms with Crippen molar-refractivity contribution in [1.29, 1.82) is 0 Å². The maximum absolute atomic E-state index is 11.6. The van der Waals surface area contributed by atoms with Gasteiger partial charge in [-0.25, -0.2) is 0 Å². The van der Waals surface area contributed by atoms with Crippen molar-refractivity contribution < 1.29 is 9.53 Å². The van der Waals surface area contributed by atoms with Crippen molar-refractivity contribution >= 4 is 5.91 Å². The van der Waals surface area contributed by atoms with E-state index in [0.29, 0.717) is 25.1 Å². The van der Waals surface area contributed by atoms with Gasteiger partial charge in [0.1, 0.15) is 0 Å². The summed E-state index contributed by atoms with van der Waals surface area (Å²) in [5.74, 6) is 0.796. The predicted octanol–water partition coefficient (Wildman–Crippen LogP) is 0.917. The number of carbonyl (C=O) groups is 1. The molecule has 0 aromatic carbocycles. The molecule has 0 heterocycles. The Balaban J connectivity index is 2.13. The van der Waals surface area contributed by atoms with Crippen LogP contribution >= 0.6 is 0 Å². The summed E-state index contributed by atoms with van der Waals surface area (Å²) in [6.07, 6.45) is 4.82. The van der Waals surface area contributed by atoms with E-state index in [-0.39, 0.29) is 5.91 Å². The van der Waals surface area contributed by atoms with E-state index in [1.54, 1.807) is 7.11 Å². The van der Waals surface area contributed by atoms with Crippen LogP contribution in [0.15, 0.2) is 0 Å². The van der Waals surface area contributed by atoms with Crippen molar-refractivity contribution in [2.75, 3.05) is 26.8 Å². The molecule has 94 valence electrons. The molecule has 0 aliphatic heterocycles. The van der Waals surface area contributed by atoms with Gasteiger partial charge in [0.15, 0.2) is 0 Å². The van der Waals surface area contributed by atoms with Crippen LogP contribution in [0.1, 0.15) is 32.6 Å². The monoisotopic (exact) mass is 228 g/mol. The number of ether oxygens (including phenoxy) is 1. The largest absolute Gasteiger partial charge is 0.383 e. The van der Waals surface area contributed by atoms with E-state index in [4.69, 9.17) is 4.74 Å². The first-order chi connectivity index (χ1) is 7.77. The van der Waals surface area contributed by atoms with Crippen LogP contribution in [0, 0.1) is 5.92 Å². The molecule has 1 fully saturated rings. The van der Waals surface area contributed by atoms with Gasteiger partial charge in [-0.1, -0.05) is 19.8 Å². The van der Waals surface area contributed by atoms with Crippen LogP contribution in [-0.2, 0) is 9.53 Å². The summed E-state index contributed by atoms with van der Waals surface area (Å²) in [7, 11) is 1.66. The lowest BCUT2D eigenvalue weighted by Crippen LogP contribution is -2.42. The Morgan fingerprint density at radius 2 is 2.25 bits per heavy atom. The molecule has 0 aromatic heterocycles. The fraction of sp³-hybridized carbons (Fsp3) is 0.917. The molecule has 0 spiro atoms. The molecule has 4 nitrogen and oxygen atoms in total. The van der Waals surface area contributed by atoms with E-state index in [2.05, 4.69) is 17.6 Å². The van der Waals surface area contributed by atoms with Gasteiger partial charge in [0.25, 0.3) is 0 Å². The van der Waals surface area contributed by atoms with Gasteiger partial charge in [-0.05, 0) is 18.8 Å². The van der Waals surface area contributed by atoms with Crippen molar-refractivity contribution in [3.63, 3.8) is 0 Å². The van der Waals surface area contributed by atoms with Gasteiger partial charge in [0.2, 0.25) is 5.91 Å². The van der Waals surface area contributed by atoms with Crippen LogP contribution in [0.4, 0.5) is 0 Å². The molecule has 1 amide bonds. The molecular formula is C12H24N2O2. The van der Waals surface area contributed by atoms with Crippen LogP contribution in [-0.4, -0.2) is 38.8 Å². The third kappa shape index (κ3) is 4.49. The highest BCUT2D eigenvalue weighted by molar-refractivity contribution is 5.78. The van der Waals surface area contributed by atoms with Crippen molar-refractivity contribution in [3.8, 4) is 0 Å². The van der Waals surface area contributed by atoms with Crippen LogP contribution in [0.3, 0.4) is 0 Å². The van der Waals surface area contributed by atoms with E-state index in [1.165, 1.54) is 19.3 Å². The Hall–Kier alpha value is -0.610. The molecule has 4 heteroatoms. The van der Waals surface area contributed by atoms with Crippen molar-refractivity contribution in [2.45, 2.75) is 38.6 Å². The number of hydrogen-bond donors (Lipinski definition) is 2. The number of rotatable bonds is 7. The maximum atomic E-state index is 11.6. The Bertz CT molecular complexity index is 209. The van der Waals surface area contributed by atoms with Gasteiger partial charge >= 0.3 is 0 Å². The number of hydrogen-bond acceptors (Lipinski definition) is 3. The SMILES string of the molecule is CC[C@@H]1CCC[C@H]1NC(=O)CNCCOC. The third-order valence-corrected chi connectivity index (χ3v) is 3.30. The lowest BCUT2D eigenvalue weighted by molar-refractivity contribution is -0.121. The Kier molecular flexibility index (Phi) is 6.42. The Morgan fingerprint density at radius 3 is 2.94 bits per heavy atom. The summed E-state index contributed by atoms with van der Waals surface area (Å²) < 4.78 is 4.90. The zero-order valence-electron chi connectivity index (χ0n) is 10.4. The fourth-order valence-electron chi connectivity index (χ4n) is 2.35. The number of carbonyl (C=O) groups excluding carboxylic acids is 1. The number of nitrogens with one attached hydrogen (secondary N) is 2. The van der Waals surface area contributed by atoms with Gasteiger partial charge < -0.3 is 15.4 Å². The molecule has 0 saturated heterocycles. The molecule has 1 aliphatic rings. The number of amides is 1. The summed E-state index contributed by atoms with van der Waals surface area (Å²) in [5, 5.41) is 6.17. The zero-order valence-corrected chi connectivity index (χ0v) is 10.4. The average Bonchev–Trinajstić information content (AvgIpc) is 2.71. The second kappa shape index (κ2) is 7.63. The van der Waals surface area contributed by atoms with Crippen LogP contribution in [0.2, 0.25) is 0 Å². The van der Waals surface area contributed by atoms with E-state index in [9.17, 15) is 4.79 Å². The molecule has 0 unspecified atom stereocenters. The number of methoxy groups -OCH3 is 1. The lowest BCUT2D eigenvalue weighted by Gasteiger charge is -2.19. The van der Waals surface area contributed by atoms with Crippen molar-refractivity contribution in [2.24, 2.45) is 5.92 Å². The predicted molar refractivity (Wildman–Crippen MR) is 64.3 cm³/mol. The first kappa shape index (κ1) is 13.5. The summed E-state index contributed by atoms with van der Waals surface area (Å²) in [6.45, 7) is 3.97. The quantitative estimate of drug-likeness (QED) is 0.637. The average molecular weight is 228 g/mol. The van der Waals surface area contributed by atoms with Crippen LogP contribution in [0.25, 0.3) is 0 Å². The molecule has 2 atom stereocenters. The highest BCUT2D eigenvalue weighted by Gasteiger charge is 2.26. The second-order valence-electron chi connectivity index (χ2n) is 4.44. The topological polar surface area (TPSA) is 50.4 Å². The maximum Gasteiger partial charge on any atom is 0.234 e. The Labute approximate surface area is 98.1 Å². The van der Waals surface area contributed by atoms with E-state index in [1.807, 2.05) is 0 Å². The minimum absolute atomic E-state index is 0.112. The van der Waals surface area contributed by atoms with Gasteiger partial charge in [-0.2, -0.15) is 0 Å². The lowest BCUT2D eigenvalue weighted by atomic mass is 10.0. The first-order valence-electron chi connectivity index (χ1n) is 6.27. The minimum atomic E-state index is 0.112. The van der Waals surface area contributed by atoms with Gasteiger partial charge in [-0.3, -0.25) is 4.79 Å². The standard InChI is InChI=1S/C12H24N2O2/c1-3-10-5-4-6-11(10)14-12(15)9-13-7-8-16-2/h10-11,13H,3-9H2,1-2H3,(H,14,15)/t10-,11-/m1/s1. The van der Waals surface area contributed by atoms with Crippen LogP contribution < -0.4 is 10.6 Å². The highest BCUT2D eigenvalue weighted by Crippen LogP contribution is 2.27. The molecule has 1 aliphatic carbocycles. The Morgan fingerprint density at radius 1 is 1.44 bits per heavy atom. The molecule has 0 bridgehead atoms. The smallest absolute Gasteiger partial charge is 0.234 e. The van der Waals surface area contributed by atoms with Crippen LogP contribution in [0.5, 0.6) is 0 Å². The second-order valence-corrected chi connectivity index (χ2v) is 4.44. The van der Waals surface area contributed by atoms with E-state index >= 15 is 0 Å². The molecule has 0 radical (unpaired) electrons. The first-order valence-corrected chi connectivity index (χ1v) is 6.27. The molecule has 16 heavy (non-hydrogen) atoms. The molecule has 1 saturated carbocycles. The minimum Gasteiger partial charge on any atom is -0.383 e. The van der Waals surface area contributed by atoms with Gasteiger partial charge in [0.05, 0.1) is 13.2 Å². The van der Waals surface area contributed by atoms with E-state index in [0.717, 1.165) is 13.0 Å². The molecule has 0 aromatic rings. The molecule has 1 rings (SSSR count). The van der Waals surface area contributed by atoms with Gasteiger partial charge in [-0.15, -0.1) is 0 Å².